The summed E-state index contributed by atoms with van der Waals surface area (Å²) in [6.07, 6.45) is 0. The molecule has 0 N–H and O–H groups in total. The van der Waals surface area contributed by atoms with E-state index in [0.717, 1.165) is 5.69 Å². The molecule has 5 heteroatoms. The fourth-order valence-electron chi connectivity index (χ4n) is 2.04. The monoisotopic (exact) mass is 316 g/mol. The van der Waals surface area contributed by atoms with E-state index < -0.39 is 13.5 Å². The molecule has 118 valence electrons. The first-order chi connectivity index (χ1) is 10.1. The maximum atomic E-state index is 12.5. The lowest BCUT2D eigenvalue weighted by atomic mass is 9.94. The van der Waals surface area contributed by atoms with Crippen molar-refractivity contribution in [3.8, 4) is 17.3 Å². The van der Waals surface area contributed by atoms with Gasteiger partial charge in [0.15, 0.2) is 0 Å². The Morgan fingerprint density at radius 2 is 2.00 bits per heavy atom. The van der Waals surface area contributed by atoms with E-state index in [1.165, 1.54) is 0 Å². The first kappa shape index (κ1) is 16.6. The van der Waals surface area contributed by atoms with Crippen LogP contribution in [0.25, 0.3) is 0 Å². The Morgan fingerprint density at radius 1 is 1.32 bits per heavy atom. The number of rotatable bonds is 0. The summed E-state index contributed by atoms with van der Waals surface area (Å²) in [5.41, 5.74) is 4.31. The Morgan fingerprint density at radius 3 is 2.59 bits per heavy atom. The summed E-state index contributed by atoms with van der Waals surface area (Å²) in [6.45, 7) is 13.4. The topological polar surface area (TPSA) is 42.4 Å². The number of amides is 1. The standard InChI is InChI=1S/C17H24N2O2Si/c1-17(2,3)16(20)19-10-11-21-15-14(19)8-7-13(18-15)9-12-22(4,5)6/h7-8H,10-11H2,1-6H3. The molecule has 1 aromatic heterocycles. The summed E-state index contributed by atoms with van der Waals surface area (Å²) in [4.78, 5) is 18.8. The van der Waals surface area contributed by atoms with Gasteiger partial charge in [-0.15, -0.1) is 5.54 Å². The van der Waals surface area contributed by atoms with Gasteiger partial charge in [0, 0.05) is 5.41 Å². The van der Waals surface area contributed by atoms with Gasteiger partial charge in [0.05, 0.1) is 6.54 Å². The minimum Gasteiger partial charge on any atom is -0.474 e. The van der Waals surface area contributed by atoms with Gasteiger partial charge in [-0.25, -0.2) is 4.98 Å². The number of carbonyl (C=O) groups excluding carboxylic acids is 1. The van der Waals surface area contributed by atoms with Crippen LogP contribution in [-0.2, 0) is 4.79 Å². The number of carbonyl (C=O) groups is 1. The maximum absolute atomic E-state index is 12.5. The Hall–Kier alpha value is -1.80. The first-order valence-corrected chi connectivity index (χ1v) is 11.1. The van der Waals surface area contributed by atoms with Crippen LogP contribution < -0.4 is 9.64 Å². The second-order valence-corrected chi connectivity index (χ2v) is 12.3. The number of aromatic nitrogens is 1. The van der Waals surface area contributed by atoms with Crippen molar-refractivity contribution in [1.29, 1.82) is 0 Å². The maximum Gasteiger partial charge on any atom is 0.239 e. The summed E-state index contributed by atoms with van der Waals surface area (Å²) in [5, 5.41) is 0. The second kappa shape index (κ2) is 5.77. The lowest BCUT2D eigenvalue weighted by molar-refractivity contribution is -0.126. The van der Waals surface area contributed by atoms with Gasteiger partial charge in [-0.2, -0.15) is 0 Å². The Kier molecular flexibility index (Phi) is 4.34. The highest BCUT2D eigenvalue weighted by Crippen LogP contribution is 2.32. The van der Waals surface area contributed by atoms with Crippen molar-refractivity contribution in [2.75, 3.05) is 18.1 Å². The normalized spacial score (nSPS) is 14.5. The Balaban J connectivity index is 2.34. The zero-order valence-corrected chi connectivity index (χ0v) is 15.3. The molecule has 0 fully saturated rings. The molecule has 4 nitrogen and oxygen atoms in total. The van der Waals surface area contributed by atoms with Gasteiger partial charge in [-0.1, -0.05) is 46.3 Å². The van der Waals surface area contributed by atoms with E-state index in [-0.39, 0.29) is 5.91 Å². The number of nitrogens with zero attached hydrogens (tertiary/aromatic N) is 2. The van der Waals surface area contributed by atoms with E-state index >= 15 is 0 Å². The van der Waals surface area contributed by atoms with Crippen LogP contribution in [0, 0.1) is 16.9 Å². The molecule has 22 heavy (non-hydrogen) atoms. The van der Waals surface area contributed by atoms with E-state index in [1.807, 2.05) is 32.9 Å². The van der Waals surface area contributed by atoms with Gasteiger partial charge in [-0.3, -0.25) is 4.79 Å². The molecule has 1 aliphatic heterocycles. The molecule has 0 saturated carbocycles. The van der Waals surface area contributed by atoms with E-state index in [9.17, 15) is 4.79 Å². The van der Waals surface area contributed by atoms with Crippen molar-refractivity contribution >= 4 is 19.7 Å². The number of fused-ring (bicyclic) bond motifs is 1. The summed E-state index contributed by atoms with van der Waals surface area (Å²) < 4.78 is 5.63. The lowest BCUT2D eigenvalue weighted by Gasteiger charge is -2.33. The molecule has 0 bridgehead atoms. The summed E-state index contributed by atoms with van der Waals surface area (Å²) in [5.74, 6) is 3.72. The van der Waals surface area contributed by atoms with Crippen molar-refractivity contribution in [3.63, 3.8) is 0 Å². The average molecular weight is 316 g/mol. The molecule has 0 atom stereocenters. The zero-order chi connectivity index (χ0) is 16.5. The largest absolute Gasteiger partial charge is 0.474 e. The van der Waals surface area contributed by atoms with Crippen molar-refractivity contribution in [3.05, 3.63) is 17.8 Å². The molecule has 2 rings (SSSR count). The highest BCUT2D eigenvalue weighted by Gasteiger charge is 2.32. The predicted molar refractivity (Wildman–Crippen MR) is 91.8 cm³/mol. The van der Waals surface area contributed by atoms with Crippen LogP contribution in [0.3, 0.4) is 0 Å². The molecule has 0 aliphatic carbocycles. The molecule has 1 amide bonds. The molecular weight excluding hydrogens is 292 g/mol. The number of hydrogen-bond donors (Lipinski definition) is 0. The van der Waals surface area contributed by atoms with E-state index in [2.05, 4.69) is 36.1 Å². The molecular formula is C17H24N2O2Si. The average Bonchev–Trinajstić information content (AvgIpc) is 2.41. The number of pyridine rings is 1. The van der Waals surface area contributed by atoms with Gasteiger partial charge in [-0.05, 0) is 12.1 Å². The van der Waals surface area contributed by atoms with Crippen molar-refractivity contribution in [2.24, 2.45) is 5.41 Å². The third-order valence-corrected chi connectivity index (χ3v) is 4.01. The molecule has 0 radical (unpaired) electrons. The SMILES string of the molecule is CC(C)(C)C(=O)N1CCOc2nc(C#C[Si](C)(C)C)ccc21. The molecule has 0 aromatic carbocycles. The lowest BCUT2D eigenvalue weighted by Crippen LogP contribution is -2.44. The van der Waals surface area contributed by atoms with E-state index in [4.69, 9.17) is 4.74 Å². The summed E-state index contributed by atoms with van der Waals surface area (Å²) in [7, 11) is -1.44. The van der Waals surface area contributed by atoms with Gasteiger partial charge >= 0.3 is 0 Å². The van der Waals surface area contributed by atoms with Crippen molar-refractivity contribution in [2.45, 2.75) is 40.4 Å². The van der Waals surface area contributed by atoms with Crippen LogP contribution >= 0.6 is 0 Å². The summed E-state index contributed by atoms with van der Waals surface area (Å²) >= 11 is 0. The van der Waals surface area contributed by atoms with Gasteiger partial charge in [0.25, 0.3) is 0 Å². The minimum atomic E-state index is -1.44. The fraction of sp³-hybridized carbons (Fsp3) is 0.529. The third kappa shape index (κ3) is 3.89. The van der Waals surface area contributed by atoms with Crippen LogP contribution in [0.1, 0.15) is 26.5 Å². The minimum absolute atomic E-state index is 0.0831. The molecule has 0 unspecified atom stereocenters. The predicted octanol–water partition coefficient (Wildman–Crippen LogP) is 3.08. The highest BCUT2D eigenvalue weighted by atomic mass is 28.3. The third-order valence-electron chi connectivity index (χ3n) is 3.14. The van der Waals surface area contributed by atoms with Crippen LogP contribution in [0.15, 0.2) is 12.1 Å². The number of ether oxygens (including phenoxy) is 1. The highest BCUT2D eigenvalue weighted by molar-refractivity contribution is 6.83. The first-order valence-electron chi connectivity index (χ1n) is 7.57. The Bertz CT molecular complexity index is 645. The molecule has 1 aliphatic rings. The van der Waals surface area contributed by atoms with Gasteiger partial charge in [0.1, 0.15) is 26.1 Å². The van der Waals surface area contributed by atoms with Gasteiger partial charge < -0.3 is 9.64 Å². The summed E-state index contributed by atoms with van der Waals surface area (Å²) in [6, 6.07) is 3.75. The smallest absolute Gasteiger partial charge is 0.239 e. The molecule has 0 spiro atoms. The Labute approximate surface area is 133 Å². The van der Waals surface area contributed by atoms with Gasteiger partial charge in [0.2, 0.25) is 11.8 Å². The molecule has 0 saturated heterocycles. The number of anilines is 1. The molecule has 1 aromatic rings. The zero-order valence-electron chi connectivity index (χ0n) is 14.3. The molecule has 2 heterocycles. The second-order valence-electron chi connectivity index (χ2n) is 7.58. The van der Waals surface area contributed by atoms with Crippen molar-refractivity contribution in [1.82, 2.24) is 4.98 Å². The number of hydrogen-bond acceptors (Lipinski definition) is 3. The van der Waals surface area contributed by atoms with Crippen LogP contribution in [0.5, 0.6) is 5.88 Å². The van der Waals surface area contributed by atoms with Crippen LogP contribution in [0.2, 0.25) is 19.6 Å². The quantitative estimate of drug-likeness (QED) is 0.546. The van der Waals surface area contributed by atoms with Crippen molar-refractivity contribution < 1.29 is 9.53 Å². The van der Waals surface area contributed by atoms with E-state index in [0.29, 0.717) is 24.7 Å². The van der Waals surface area contributed by atoms with E-state index in [1.54, 1.807) is 4.90 Å². The van der Waals surface area contributed by atoms with Crippen LogP contribution in [0.4, 0.5) is 5.69 Å². The van der Waals surface area contributed by atoms with Crippen LogP contribution in [-0.4, -0.2) is 32.1 Å². The fourth-order valence-corrected chi connectivity index (χ4v) is 2.54.